The molecule has 0 aliphatic heterocycles. The third kappa shape index (κ3) is 15.9. The minimum Gasteiger partial charge on any atom is -0.496 e. The quantitative estimate of drug-likeness (QED) is 0.214. The maximum atomic E-state index is 10.6. The number of unbranched alkanes of at least 4 members (excludes halogenated alkanes) is 11. The van der Waals surface area contributed by atoms with Gasteiger partial charge in [-0.15, -0.1) is 0 Å². The van der Waals surface area contributed by atoms with Crippen molar-refractivity contribution < 1.29 is 9.84 Å². The molecule has 0 aliphatic rings. The summed E-state index contributed by atoms with van der Waals surface area (Å²) in [5.74, 6) is 1.07. The number of ether oxygens (including phenoxy) is 1. The summed E-state index contributed by atoms with van der Waals surface area (Å²) in [5.41, 5.74) is 0. The van der Waals surface area contributed by atoms with Crippen molar-refractivity contribution in [3.63, 3.8) is 0 Å². The van der Waals surface area contributed by atoms with Crippen LogP contribution in [0.25, 0.3) is 0 Å². The molecule has 0 aromatic heterocycles. The highest BCUT2D eigenvalue weighted by Crippen LogP contribution is 2.15. The van der Waals surface area contributed by atoms with Crippen molar-refractivity contribution >= 4 is 0 Å². The standard InChI is InChI=1S/C20H39O2/c1-3-5-7-9-11-13-15-17-20(22-19-18-21)16-14-12-10-8-6-4-2/h17H,3-16,18-19H2,1-2H3/b20-17-. The molecule has 2 nitrogen and oxygen atoms in total. The Balaban J connectivity index is 3.72. The lowest BCUT2D eigenvalue weighted by atomic mass is 10.1. The van der Waals surface area contributed by atoms with E-state index in [0.717, 1.165) is 18.6 Å². The van der Waals surface area contributed by atoms with Crippen LogP contribution in [0.5, 0.6) is 0 Å². The van der Waals surface area contributed by atoms with Gasteiger partial charge in [0.1, 0.15) is 13.2 Å². The van der Waals surface area contributed by atoms with Crippen LogP contribution >= 0.6 is 0 Å². The first-order valence-corrected chi connectivity index (χ1v) is 9.75. The molecular weight excluding hydrogens is 272 g/mol. The van der Waals surface area contributed by atoms with E-state index in [1.807, 2.05) is 0 Å². The first kappa shape index (κ1) is 21.5. The molecule has 0 bridgehead atoms. The SMILES string of the molecule is CCCCCCCC/C=C(/CCCCCCCC)OCC[O]. The van der Waals surface area contributed by atoms with Crippen molar-refractivity contribution in [2.75, 3.05) is 13.2 Å². The van der Waals surface area contributed by atoms with Gasteiger partial charge in [0.2, 0.25) is 0 Å². The molecule has 0 rings (SSSR count). The molecule has 0 saturated heterocycles. The van der Waals surface area contributed by atoms with Gasteiger partial charge in [-0.3, -0.25) is 0 Å². The summed E-state index contributed by atoms with van der Waals surface area (Å²) in [6.45, 7) is 4.70. The predicted octanol–water partition coefficient (Wildman–Crippen LogP) is 6.82. The lowest BCUT2D eigenvalue weighted by Gasteiger charge is -2.09. The van der Waals surface area contributed by atoms with Crippen molar-refractivity contribution in [1.82, 2.24) is 0 Å². The summed E-state index contributed by atoms with van der Waals surface area (Å²) in [7, 11) is 0. The van der Waals surface area contributed by atoms with Crippen LogP contribution in [0.1, 0.15) is 104 Å². The number of hydrogen-bond donors (Lipinski definition) is 0. The van der Waals surface area contributed by atoms with Crippen molar-refractivity contribution in [2.45, 2.75) is 104 Å². The summed E-state index contributed by atoms with van der Waals surface area (Å²) in [4.78, 5) is 0. The third-order valence-corrected chi connectivity index (χ3v) is 4.08. The number of allylic oxidation sites excluding steroid dienone is 2. The van der Waals surface area contributed by atoms with E-state index in [-0.39, 0.29) is 6.61 Å². The summed E-state index contributed by atoms with van der Waals surface area (Å²) < 4.78 is 5.61. The average Bonchev–Trinajstić information content (AvgIpc) is 2.54. The third-order valence-electron chi connectivity index (χ3n) is 4.08. The summed E-state index contributed by atoms with van der Waals surface area (Å²) in [6, 6.07) is 0. The Morgan fingerprint density at radius 3 is 1.91 bits per heavy atom. The molecule has 0 unspecified atom stereocenters. The average molecular weight is 312 g/mol. The van der Waals surface area contributed by atoms with Crippen molar-refractivity contribution in [3.05, 3.63) is 11.8 Å². The van der Waals surface area contributed by atoms with E-state index in [4.69, 9.17) is 4.74 Å². The molecule has 0 aromatic rings. The highest BCUT2D eigenvalue weighted by molar-refractivity contribution is 4.93. The maximum Gasteiger partial charge on any atom is 0.116 e. The van der Waals surface area contributed by atoms with E-state index < -0.39 is 0 Å². The van der Waals surface area contributed by atoms with Gasteiger partial charge >= 0.3 is 0 Å². The Kier molecular flexibility index (Phi) is 18.1. The zero-order valence-corrected chi connectivity index (χ0v) is 15.2. The molecule has 0 aromatic carbocycles. The van der Waals surface area contributed by atoms with Crippen LogP contribution < -0.4 is 0 Å². The van der Waals surface area contributed by atoms with Crippen LogP contribution in [0.2, 0.25) is 0 Å². The van der Waals surface area contributed by atoms with Crippen LogP contribution in [0.15, 0.2) is 11.8 Å². The molecule has 131 valence electrons. The second-order valence-corrected chi connectivity index (χ2v) is 6.30. The number of rotatable bonds is 17. The molecule has 1 radical (unpaired) electrons. The van der Waals surface area contributed by atoms with Gasteiger partial charge in [-0.1, -0.05) is 78.1 Å². The first-order valence-electron chi connectivity index (χ1n) is 9.75. The lowest BCUT2D eigenvalue weighted by molar-refractivity contribution is 0.0972. The molecule has 0 N–H and O–H groups in total. The smallest absolute Gasteiger partial charge is 0.116 e. The lowest BCUT2D eigenvalue weighted by Crippen LogP contribution is -1.99. The van der Waals surface area contributed by atoms with Crippen LogP contribution in [-0.2, 0) is 9.84 Å². The van der Waals surface area contributed by atoms with Gasteiger partial charge in [-0.25, -0.2) is 5.11 Å². The topological polar surface area (TPSA) is 29.1 Å². The molecule has 0 saturated carbocycles. The Bertz CT molecular complexity index is 236. The first-order chi connectivity index (χ1) is 10.8. The molecule has 0 aliphatic carbocycles. The zero-order chi connectivity index (χ0) is 16.3. The molecule has 2 heteroatoms. The Morgan fingerprint density at radius 2 is 1.32 bits per heavy atom. The van der Waals surface area contributed by atoms with Gasteiger partial charge in [-0.2, -0.15) is 0 Å². The van der Waals surface area contributed by atoms with Gasteiger partial charge in [0, 0.05) is 6.42 Å². The molecular formula is C20H39O2. The van der Waals surface area contributed by atoms with Crippen LogP contribution in [0, 0.1) is 0 Å². The molecule has 0 atom stereocenters. The van der Waals surface area contributed by atoms with Gasteiger partial charge in [0.15, 0.2) is 0 Å². The highest BCUT2D eigenvalue weighted by atomic mass is 16.5. The fourth-order valence-corrected chi connectivity index (χ4v) is 2.67. The Morgan fingerprint density at radius 1 is 0.773 bits per heavy atom. The van der Waals surface area contributed by atoms with Crippen molar-refractivity contribution in [1.29, 1.82) is 0 Å². The Labute approximate surface area is 139 Å². The molecule has 0 fully saturated rings. The van der Waals surface area contributed by atoms with Gasteiger partial charge < -0.3 is 4.74 Å². The van der Waals surface area contributed by atoms with Crippen LogP contribution in [0.3, 0.4) is 0 Å². The second-order valence-electron chi connectivity index (χ2n) is 6.30. The van der Waals surface area contributed by atoms with E-state index in [1.54, 1.807) is 0 Å². The van der Waals surface area contributed by atoms with Crippen molar-refractivity contribution in [3.8, 4) is 0 Å². The van der Waals surface area contributed by atoms with E-state index in [9.17, 15) is 5.11 Å². The summed E-state index contributed by atoms with van der Waals surface area (Å²) >= 11 is 0. The predicted molar refractivity (Wildman–Crippen MR) is 95.6 cm³/mol. The van der Waals surface area contributed by atoms with Gasteiger partial charge in [0.05, 0.1) is 5.76 Å². The minimum atomic E-state index is -0.134. The van der Waals surface area contributed by atoms with E-state index >= 15 is 0 Å². The monoisotopic (exact) mass is 311 g/mol. The second kappa shape index (κ2) is 18.5. The van der Waals surface area contributed by atoms with E-state index in [1.165, 1.54) is 77.0 Å². The zero-order valence-electron chi connectivity index (χ0n) is 15.2. The molecule has 0 spiro atoms. The van der Waals surface area contributed by atoms with Crippen molar-refractivity contribution in [2.24, 2.45) is 0 Å². The van der Waals surface area contributed by atoms with E-state index in [2.05, 4.69) is 19.9 Å². The van der Waals surface area contributed by atoms with E-state index in [0.29, 0.717) is 6.61 Å². The minimum absolute atomic E-state index is 0.134. The highest BCUT2D eigenvalue weighted by Gasteiger charge is 2.00. The van der Waals surface area contributed by atoms with Crippen LogP contribution in [0.4, 0.5) is 0 Å². The summed E-state index contributed by atoms with van der Waals surface area (Å²) in [5, 5.41) is 10.6. The molecule has 22 heavy (non-hydrogen) atoms. The fraction of sp³-hybridized carbons (Fsp3) is 0.900. The number of hydrogen-bond acceptors (Lipinski definition) is 1. The molecule has 0 heterocycles. The normalized spacial score (nSPS) is 11.9. The summed E-state index contributed by atoms with van der Waals surface area (Å²) in [6.07, 6.45) is 20.2. The fourth-order valence-electron chi connectivity index (χ4n) is 2.67. The Hall–Kier alpha value is -0.500. The maximum absolute atomic E-state index is 10.6. The van der Waals surface area contributed by atoms with Gasteiger partial charge in [0.25, 0.3) is 0 Å². The van der Waals surface area contributed by atoms with Gasteiger partial charge in [-0.05, 0) is 25.3 Å². The largest absolute Gasteiger partial charge is 0.496 e. The van der Waals surface area contributed by atoms with Crippen LogP contribution in [-0.4, -0.2) is 13.2 Å². The molecule has 0 amide bonds.